The van der Waals surface area contributed by atoms with Crippen molar-refractivity contribution in [1.82, 2.24) is 9.47 Å². The van der Waals surface area contributed by atoms with Crippen molar-refractivity contribution in [3.8, 4) is 0 Å². The SMILES string of the molecule is Cc1cc(C=O)c(C)n1CC(C)N1CCCC1. The standard InChI is InChI=1S/C14H22N2O/c1-11-8-14(10-17)13(3)16(11)9-12(2)15-6-4-5-7-15/h8,10,12H,4-7,9H2,1-3H3. The van der Waals surface area contributed by atoms with Crippen molar-refractivity contribution in [3.05, 3.63) is 23.0 Å². The van der Waals surface area contributed by atoms with Crippen LogP contribution in [0.1, 0.15) is 41.5 Å². The Bertz CT molecular complexity index is 403. The lowest BCUT2D eigenvalue weighted by molar-refractivity contribution is 0.112. The Balaban J connectivity index is 2.12. The molecular weight excluding hydrogens is 212 g/mol. The zero-order chi connectivity index (χ0) is 12.4. The van der Waals surface area contributed by atoms with E-state index in [2.05, 4.69) is 23.3 Å². The molecule has 0 N–H and O–H groups in total. The van der Waals surface area contributed by atoms with E-state index < -0.39 is 0 Å². The molecule has 1 aromatic heterocycles. The molecule has 94 valence electrons. The lowest BCUT2D eigenvalue weighted by atomic mass is 10.2. The molecule has 1 unspecified atom stereocenters. The van der Waals surface area contributed by atoms with Gasteiger partial charge < -0.3 is 4.57 Å². The smallest absolute Gasteiger partial charge is 0.151 e. The van der Waals surface area contributed by atoms with Crippen LogP contribution in [0.5, 0.6) is 0 Å². The largest absolute Gasteiger partial charge is 0.347 e. The molecule has 3 nitrogen and oxygen atoms in total. The van der Waals surface area contributed by atoms with Crippen LogP contribution in [0.15, 0.2) is 6.07 Å². The highest BCUT2D eigenvalue weighted by molar-refractivity contribution is 5.77. The third-order valence-corrected chi connectivity index (χ3v) is 3.95. The Morgan fingerprint density at radius 1 is 1.35 bits per heavy atom. The van der Waals surface area contributed by atoms with Crippen LogP contribution in [0.2, 0.25) is 0 Å². The second-order valence-corrected chi connectivity index (χ2v) is 5.15. The lowest BCUT2D eigenvalue weighted by Crippen LogP contribution is -2.34. The van der Waals surface area contributed by atoms with Gasteiger partial charge in [0.05, 0.1) is 0 Å². The first-order chi connectivity index (χ1) is 8.13. The van der Waals surface area contributed by atoms with Gasteiger partial charge >= 0.3 is 0 Å². The number of hydrogen-bond acceptors (Lipinski definition) is 2. The van der Waals surface area contributed by atoms with Crippen LogP contribution < -0.4 is 0 Å². The Morgan fingerprint density at radius 3 is 2.53 bits per heavy atom. The summed E-state index contributed by atoms with van der Waals surface area (Å²) >= 11 is 0. The molecule has 1 aliphatic rings. The van der Waals surface area contributed by atoms with E-state index in [4.69, 9.17) is 0 Å². The van der Waals surface area contributed by atoms with Gasteiger partial charge in [0.1, 0.15) is 0 Å². The van der Waals surface area contributed by atoms with Crippen LogP contribution in [0.4, 0.5) is 0 Å². The summed E-state index contributed by atoms with van der Waals surface area (Å²) in [4.78, 5) is 13.5. The molecule has 0 spiro atoms. The molecule has 17 heavy (non-hydrogen) atoms. The van der Waals surface area contributed by atoms with Gasteiger partial charge in [-0.1, -0.05) is 0 Å². The molecule has 0 bridgehead atoms. The Kier molecular flexibility index (Phi) is 3.67. The number of aldehydes is 1. The van der Waals surface area contributed by atoms with Gasteiger partial charge in [0.2, 0.25) is 0 Å². The van der Waals surface area contributed by atoms with E-state index in [9.17, 15) is 4.79 Å². The third kappa shape index (κ3) is 2.44. The number of aromatic nitrogens is 1. The number of carbonyl (C=O) groups is 1. The number of hydrogen-bond donors (Lipinski definition) is 0. The second-order valence-electron chi connectivity index (χ2n) is 5.15. The minimum Gasteiger partial charge on any atom is -0.347 e. The van der Waals surface area contributed by atoms with E-state index in [0.29, 0.717) is 6.04 Å². The highest BCUT2D eigenvalue weighted by atomic mass is 16.1. The van der Waals surface area contributed by atoms with Gasteiger partial charge in [-0.2, -0.15) is 0 Å². The van der Waals surface area contributed by atoms with Gasteiger partial charge in [0.25, 0.3) is 0 Å². The van der Waals surface area contributed by atoms with E-state index in [1.165, 1.54) is 31.6 Å². The van der Waals surface area contributed by atoms with Gasteiger partial charge in [0, 0.05) is 29.5 Å². The predicted molar refractivity (Wildman–Crippen MR) is 69.6 cm³/mol. The molecule has 3 heteroatoms. The average Bonchev–Trinajstić information content (AvgIpc) is 2.92. The van der Waals surface area contributed by atoms with Crippen molar-refractivity contribution in [3.63, 3.8) is 0 Å². The maximum absolute atomic E-state index is 10.9. The summed E-state index contributed by atoms with van der Waals surface area (Å²) in [5, 5.41) is 0. The first-order valence-corrected chi connectivity index (χ1v) is 6.49. The van der Waals surface area contributed by atoms with Crippen LogP contribution >= 0.6 is 0 Å². The van der Waals surface area contributed by atoms with Gasteiger partial charge in [-0.3, -0.25) is 9.69 Å². The van der Waals surface area contributed by atoms with Crippen LogP contribution in [0, 0.1) is 13.8 Å². The molecule has 2 rings (SSSR count). The van der Waals surface area contributed by atoms with Gasteiger partial charge in [0.15, 0.2) is 6.29 Å². The molecule has 0 aliphatic carbocycles. The zero-order valence-corrected chi connectivity index (χ0v) is 11.1. The second kappa shape index (κ2) is 5.05. The predicted octanol–water partition coefficient (Wildman–Crippen LogP) is 2.40. The summed E-state index contributed by atoms with van der Waals surface area (Å²) in [6.07, 6.45) is 3.61. The summed E-state index contributed by atoms with van der Waals surface area (Å²) in [6, 6.07) is 2.54. The average molecular weight is 234 g/mol. The minimum absolute atomic E-state index is 0.557. The number of nitrogens with zero attached hydrogens (tertiary/aromatic N) is 2. The third-order valence-electron chi connectivity index (χ3n) is 3.95. The van der Waals surface area contributed by atoms with E-state index in [-0.39, 0.29) is 0 Å². The first kappa shape index (κ1) is 12.4. The highest BCUT2D eigenvalue weighted by Gasteiger charge is 2.19. The first-order valence-electron chi connectivity index (χ1n) is 6.49. The van der Waals surface area contributed by atoms with Crippen LogP contribution in [-0.2, 0) is 6.54 Å². The maximum Gasteiger partial charge on any atom is 0.151 e. The summed E-state index contributed by atoms with van der Waals surface area (Å²) < 4.78 is 2.27. The van der Waals surface area contributed by atoms with Gasteiger partial charge in [-0.15, -0.1) is 0 Å². The maximum atomic E-state index is 10.9. The zero-order valence-electron chi connectivity index (χ0n) is 11.1. The van der Waals surface area contributed by atoms with Crippen LogP contribution in [0.25, 0.3) is 0 Å². The summed E-state index contributed by atoms with van der Waals surface area (Å²) in [7, 11) is 0. The van der Waals surface area contributed by atoms with Crippen molar-refractivity contribution in [2.45, 2.75) is 46.2 Å². The molecular formula is C14H22N2O. The summed E-state index contributed by atoms with van der Waals surface area (Å²) in [5.74, 6) is 0. The molecule has 0 radical (unpaired) electrons. The van der Waals surface area contributed by atoms with Crippen molar-refractivity contribution < 1.29 is 4.79 Å². The Hall–Kier alpha value is -1.09. The summed E-state index contributed by atoms with van der Waals surface area (Å²) in [6.45, 7) is 9.84. The molecule has 0 amide bonds. The fourth-order valence-corrected chi connectivity index (χ4v) is 2.79. The number of rotatable bonds is 4. The molecule has 2 heterocycles. The Morgan fingerprint density at radius 2 is 2.00 bits per heavy atom. The monoisotopic (exact) mass is 234 g/mol. The molecule has 1 saturated heterocycles. The quantitative estimate of drug-likeness (QED) is 0.747. The minimum atomic E-state index is 0.557. The number of carbonyl (C=O) groups excluding carboxylic acids is 1. The van der Waals surface area contributed by atoms with Crippen LogP contribution in [0.3, 0.4) is 0 Å². The number of likely N-dealkylation sites (tertiary alicyclic amines) is 1. The summed E-state index contributed by atoms with van der Waals surface area (Å²) in [5.41, 5.74) is 3.12. The highest BCUT2D eigenvalue weighted by Crippen LogP contribution is 2.17. The topological polar surface area (TPSA) is 25.2 Å². The molecule has 1 aromatic rings. The van der Waals surface area contributed by atoms with Crippen molar-refractivity contribution in [2.75, 3.05) is 13.1 Å². The van der Waals surface area contributed by atoms with E-state index in [1.54, 1.807) is 0 Å². The molecule has 1 atom stereocenters. The van der Waals surface area contributed by atoms with Crippen molar-refractivity contribution >= 4 is 6.29 Å². The fourth-order valence-electron chi connectivity index (χ4n) is 2.79. The van der Waals surface area contributed by atoms with Crippen LogP contribution in [-0.4, -0.2) is 34.9 Å². The van der Waals surface area contributed by atoms with Gasteiger partial charge in [-0.05, 0) is 52.8 Å². The molecule has 0 saturated carbocycles. The Labute approximate surface area is 103 Å². The van der Waals surface area contributed by atoms with Crippen molar-refractivity contribution in [1.29, 1.82) is 0 Å². The molecule has 1 fully saturated rings. The van der Waals surface area contributed by atoms with E-state index in [0.717, 1.165) is 24.1 Å². The molecule has 0 aromatic carbocycles. The lowest BCUT2D eigenvalue weighted by Gasteiger charge is -2.25. The van der Waals surface area contributed by atoms with E-state index in [1.807, 2.05) is 13.0 Å². The fraction of sp³-hybridized carbons (Fsp3) is 0.643. The van der Waals surface area contributed by atoms with Crippen molar-refractivity contribution in [2.24, 2.45) is 0 Å². The molecule has 1 aliphatic heterocycles. The normalized spacial score (nSPS) is 18.5. The van der Waals surface area contributed by atoms with Gasteiger partial charge in [-0.25, -0.2) is 0 Å². The number of aryl methyl sites for hydroxylation is 1. The van der Waals surface area contributed by atoms with E-state index >= 15 is 0 Å².